The fourth-order valence-electron chi connectivity index (χ4n) is 2.20. The van der Waals surface area contributed by atoms with Crippen molar-refractivity contribution in [1.82, 2.24) is 9.78 Å². The molecule has 0 aliphatic rings. The molecule has 0 saturated carbocycles. The van der Waals surface area contributed by atoms with E-state index in [-0.39, 0.29) is 0 Å². The molecule has 0 saturated heterocycles. The Bertz CT molecular complexity index is 703. The van der Waals surface area contributed by atoms with Crippen LogP contribution < -0.4 is 8.92 Å². The van der Waals surface area contributed by atoms with Gasteiger partial charge in [0.25, 0.3) is 0 Å². The van der Waals surface area contributed by atoms with Gasteiger partial charge >= 0.3 is 125 Å². The monoisotopic (exact) mass is 328 g/mol. The standard InChI is InChI=1S/C17H16N2Se/c1-13-17(20-16-11-7-4-8-12-16)14(2)19(18-13)15-9-5-3-6-10-15/h3-12H,1-2H3. The number of benzene rings is 2. The number of nitrogens with zero attached hydrogens (tertiary/aromatic N) is 2. The average molecular weight is 327 g/mol. The quantitative estimate of drug-likeness (QED) is 0.674. The van der Waals surface area contributed by atoms with E-state index in [1.165, 1.54) is 14.6 Å². The van der Waals surface area contributed by atoms with Crippen molar-refractivity contribution in [2.45, 2.75) is 13.8 Å². The summed E-state index contributed by atoms with van der Waals surface area (Å²) in [6.45, 7) is 4.26. The van der Waals surface area contributed by atoms with Crippen LogP contribution in [0.15, 0.2) is 60.7 Å². The van der Waals surface area contributed by atoms with Crippen LogP contribution in [0.2, 0.25) is 0 Å². The normalized spacial score (nSPS) is 10.7. The molecule has 2 aromatic carbocycles. The zero-order valence-corrected chi connectivity index (χ0v) is 13.3. The zero-order chi connectivity index (χ0) is 13.9. The zero-order valence-electron chi connectivity index (χ0n) is 11.6. The van der Waals surface area contributed by atoms with Crippen LogP contribution in [0, 0.1) is 13.8 Å². The number of rotatable bonds is 3. The number of aromatic nitrogens is 2. The van der Waals surface area contributed by atoms with E-state index in [0.29, 0.717) is 15.0 Å². The minimum atomic E-state index is 0.308. The van der Waals surface area contributed by atoms with E-state index in [4.69, 9.17) is 5.10 Å². The predicted octanol–water partition coefficient (Wildman–Crippen LogP) is 2.14. The molecule has 3 rings (SSSR count). The molecule has 0 aliphatic carbocycles. The third-order valence-electron chi connectivity index (χ3n) is 3.19. The van der Waals surface area contributed by atoms with Crippen LogP contribution in [-0.2, 0) is 0 Å². The van der Waals surface area contributed by atoms with Gasteiger partial charge in [-0.05, 0) is 0 Å². The Labute approximate surface area is 125 Å². The molecule has 0 aliphatic heterocycles. The predicted molar refractivity (Wildman–Crippen MR) is 84.5 cm³/mol. The molecular weight excluding hydrogens is 311 g/mol. The van der Waals surface area contributed by atoms with E-state index in [0.717, 1.165) is 11.4 Å². The fourth-order valence-corrected chi connectivity index (χ4v) is 4.20. The van der Waals surface area contributed by atoms with E-state index < -0.39 is 0 Å². The molecule has 0 radical (unpaired) electrons. The number of hydrogen-bond acceptors (Lipinski definition) is 1. The maximum atomic E-state index is 4.71. The van der Waals surface area contributed by atoms with Crippen LogP contribution in [-0.4, -0.2) is 24.7 Å². The first-order chi connectivity index (χ1) is 9.75. The van der Waals surface area contributed by atoms with Gasteiger partial charge in [-0.3, -0.25) is 0 Å². The van der Waals surface area contributed by atoms with Gasteiger partial charge in [0.15, 0.2) is 0 Å². The van der Waals surface area contributed by atoms with Gasteiger partial charge in [0.1, 0.15) is 0 Å². The summed E-state index contributed by atoms with van der Waals surface area (Å²) in [5, 5.41) is 4.71. The molecular formula is C17H16N2Se. The van der Waals surface area contributed by atoms with Crippen molar-refractivity contribution >= 4 is 23.9 Å². The minimum absolute atomic E-state index is 0.308. The van der Waals surface area contributed by atoms with E-state index in [9.17, 15) is 0 Å². The Hall–Kier alpha value is -1.83. The van der Waals surface area contributed by atoms with Gasteiger partial charge in [-0.15, -0.1) is 0 Å². The Morgan fingerprint density at radius 3 is 2.10 bits per heavy atom. The molecule has 1 aromatic heterocycles. The van der Waals surface area contributed by atoms with Crippen molar-refractivity contribution in [3.05, 3.63) is 72.1 Å². The second-order valence-corrected chi connectivity index (χ2v) is 6.94. The third-order valence-corrected chi connectivity index (χ3v) is 5.92. The van der Waals surface area contributed by atoms with Crippen LogP contribution in [0.3, 0.4) is 0 Å². The molecule has 1 heterocycles. The number of para-hydroxylation sites is 1. The van der Waals surface area contributed by atoms with Crippen molar-refractivity contribution < 1.29 is 0 Å². The van der Waals surface area contributed by atoms with Crippen molar-refractivity contribution in [3.8, 4) is 5.69 Å². The second kappa shape index (κ2) is 5.66. The third kappa shape index (κ3) is 2.55. The fraction of sp³-hybridized carbons (Fsp3) is 0.118. The van der Waals surface area contributed by atoms with Crippen LogP contribution in [0.4, 0.5) is 0 Å². The molecule has 3 heteroatoms. The van der Waals surface area contributed by atoms with Crippen LogP contribution in [0.1, 0.15) is 11.4 Å². The van der Waals surface area contributed by atoms with Crippen LogP contribution in [0.5, 0.6) is 0 Å². The first-order valence-electron chi connectivity index (χ1n) is 6.60. The van der Waals surface area contributed by atoms with Gasteiger partial charge in [-0.2, -0.15) is 0 Å². The Kier molecular flexibility index (Phi) is 3.72. The van der Waals surface area contributed by atoms with Crippen molar-refractivity contribution in [3.63, 3.8) is 0 Å². The molecule has 100 valence electrons. The summed E-state index contributed by atoms with van der Waals surface area (Å²) in [4.78, 5) is 0. The van der Waals surface area contributed by atoms with Crippen LogP contribution >= 0.6 is 0 Å². The van der Waals surface area contributed by atoms with Gasteiger partial charge in [-0.1, -0.05) is 0 Å². The molecule has 0 atom stereocenters. The summed E-state index contributed by atoms with van der Waals surface area (Å²) < 4.78 is 4.82. The van der Waals surface area contributed by atoms with E-state index >= 15 is 0 Å². The molecule has 0 amide bonds. The summed E-state index contributed by atoms with van der Waals surface area (Å²) in [6, 6.07) is 21.0. The van der Waals surface area contributed by atoms with E-state index in [2.05, 4.69) is 61.0 Å². The first kappa shape index (κ1) is 13.2. The summed E-state index contributed by atoms with van der Waals surface area (Å²) in [5.74, 6) is 0. The summed E-state index contributed by atoms with van der Waals surface area (Å²) in [6.07, 6.45) is 0. The second-order valence-electron chi connectivity index (χ2n) is 4.66. The van der Waals surface area contributed by atoms with Crippen molar-refractivity contribution in [1.29, 1.82) is 0 Å². The Morgan fingerprint density at radius 2 is 1.45 bits per heavy atom. The van der Waals surface area contributed by atoms with Gasteiger partial charge in [0.05, 0.1) is 0 Å². The SMILES string of the molecule is Cc1nn(-c2ccccc2)c(C)c1[Se]c1ccccc1. The molecule has 20 heavy (non-hydrogen) atoms. The maximum absolute atomic E-state index is 4.71. The van der Waals surface area contributed by atoms with Crippen LogP contribution in [0.25, 0.3) is 5.69 Å². The van der Waals surface area contributed by atoms with Crippen molar-refractivity contribution in [2.24, 2.45) is 0 Å². The molecule has 0 N–H and O–H groups in total. The Morgan fingerprint density at radius 1 is 0.850 bits per heavy atom. The molecule has 2 nitrogen and oxygen atoms in total. The van der Waals surface area contributed by atoms with Gasteiger partial charge in [-0.25, -0.2) is 0 Å². The summed E-state index contributed by atoms with van der Waals surface area (Å²) in [7, 11) is 0. The molecule has 0 spiro atoms. The summed E-state index contributed by atoms with van der Waals surface area (Å²) in [5.41, 5.74) is 3.51. The van der Waals surface area contributed by atoms with Crippen molar-refractivity contribution in [2.75, 3.05) is 0 Å². The number of aryl methyl sites for hydroxylation is 1. The molecule has 3 aromatic rings. The van der Waals surface area contributed by atoms with Gasteiger partial charge < -0.3 is 0 Å². The Balaban J connectivity index is 1.99. The topological polar surface area (TPSA) is 17.8 Å². The molecule has 0 unspecified atom stereocenters. The van der Waals surface area contributed by atoms with Gasteiger partial charge in [0, 0.05) is 0 Å². The molecule has 0 fully saturated rings. The molecule has 0 bridgehead atoms. The summed E-state index contributed by atoms with van der Waals surface area (Å²) >= 11 is 0.308. The average Bonchev–Trinajstić information content (AvgIpc) is 2.77. The van der Waals surface area contributed by atoms with E-state index in [1.807, 2.05) is 18.2 Å². The number of hydrogen-bond donors (Lipinski definition) is 0. The first-order valence-corrected chi connectivity index (χ1v) is 8.31. The van der Waals surface area contributed by atoms with Gasteiger partial charge in [0.2, 0.25) is 0 Å². The van der Waals surface area contributed by atoms with E-state index in [1.54, 1.807) is 0 Å².